The van der Waals surface area contributed by atoms with E-state index in [2.05, 4.69) is 36.3 Å². The third-order valence-corrected chi connectivity index (χ3v) is 3.02. The van der Waals surface area contributed by atoms with Crippen LogP contribution in [-0.4, -0.2) is 6.21 Å². The Hall–Kier alpha value is -1.80. The van der Waals surface area contributed by atoms with Crippen molar-refractivity contribution in [1.29, 1.82) is 0 Å². The highest BCUT2D eigenvalue weighted by atomic mass is 35.5. The minimum absolute atomic E-state index is 0.473. The second-order valence-corrected chi connectivity index (χ2v) is 4.67. The Kier molecular flexibility index (Phi) is 4.99. The van der Waals surface area contributed by atoms with E-state index in [1.807, 2.05) is 24.3 Å². The summed E-state index contributed by atoms with van der Waals surface area (Å²) >= 11 is 5.88. The molecule has 0 saturated heterocycles. The van der Waals surface area contributed by atoms with Gasteiger partial charge in [0.2, 0.25) is 0 Å². The van der Waals surface area contributed by atoms with Gasteiger partial charge < -0.3 is 4.84 Å². The highest BCUT2D eigenvalue weighted by Crippen LogP contribution is 2.09. The van der Waals surface area contributed by atoms with Gasteiger partial charge in [-0.25, -0.2) is 0 Å². The maximum Gasteiger partial charge on any atom is 0.142 e. The number of hydrogen-bond donors (Lipinski definition) is 0. The molecule has 0 aliphatic heterocycles. The van der Waals surface area contributed by atoms with Gasteiger partial charge in [0.1, 0.15) is 6.61 Å². The zero-order valence-electron chi connectivity index (χ0n) is 10.8. The van der Waals surface area contributed by atoms with Crippen LogP contribution in [0.25, 0.3) is 0 Å². The second-order valence-electron chi connectivity index (χ2n) is 4.23. The van der Waals surface area contributed by atoms with Crippen molar-refractivity contribution in [1.82, 2.24) is 0 Å². The number of hydrogen-bond acceptors (Lipinski definition) is 2. The van der Waals surface area contributed by atoms with Gasteiger partial charge in [-0.05, 0) is 35.2 Å². The van der Waals surface area contributed by atoms with Gasteiger partial charge in [0.15, 0.2) is 0 Å². The van der Waals surface area contributed by atoms with Gasteiger partial charge in [-0.2, -0.15) is 0 Å². The Morgan fingerprint density at radius 2 is 1.84 bits per heavy atom. The number of nitrogens with zero attached hydrogens (tertiary/aromatic N) is 1. The van der Waals surface area contributed by atoms with E-state index >= 15 is 0 Å². The summed E-state index contributed by atoms with van der Waals surface area (Å²) in [5.74, 6) is 0. The van der Waals surface area contributed by atoms with Crippen LogP contribution < -0.4 is 0 Å². The molecule has 0 bridgehead atoms. The maximum absolute atomic E-state index is 5.88. The Bertz CT molecular complexity index is 549. The fourth-order valence-corrected chi connectivity index (χ4v) is 1.87. The van der Waals surface area contributed by atoms with Crippen LogP contribution in [0.4, 0.5) is 0 Å². The second kappa shape index (κ2) is 6.95. The molecule has 0 unspecified atom stereocenters. The van der Waals surface area contributed by atoms with Crippen LogP contribution in [0.1, 0.15) is 23.6 Å². The summed E-state index contributed by atoms with van der Waals surface area (Å²) in [6.45, 7) is 2.61. The molecule has 2 rings (SSSR count). The van der Waals surface area contributed by atoms with Gasteiger partial charge in [-0.15, -0.1) is 0 Å². The SMILES string of the molecule is CCc1ccc(CON=Cc2cccc(Cl)c2)cc1. The molecule has 3 heteroatoms. The summed E-state index contributed by atoms with van der Waals surface area (Å²) < 4.78 is 0. The molecular weight excluding hydrogens is 258 g/mol. The van der Waals surface area contributed by atoms with Crippen LogP contribution in [0.5, 0.6) is 0 Å². The standard InChI is InChI=1S/C16H16ClNO/c1-2-13-6-8-14(9-7-13)12-19-18-11-15-4-3-5-16(17)10-15/h3-11H,2,12H2,1H3. The molecule has 2 aromatic carbocycles. The summed E-state index contributed by atoms with van der Waals surface area (Å²) in [6, 6.07) is 15.8. The molecule has 98 valence electrons. The third-order valence-electron chi connectivity index (χ3n) is 2.79. The zero-order chi connectivity index (χ0) is 13.5. The average Bonchev–Trinajstić information content (AvgIpc) is 2.44. The van der Waals surface area contributed by atoms with Crippen molar-refractivity contribution in [3.63, 3.8) is 0 Å². The van der Waals surface area contributed by atoms with Gasteiger partial charge in [0.05, 0.1) is 6.21 Å². The number of aryl methyl sites for hydroxylation is 1. The number of oxime groups is 1. The van der Waals surface area contributed by atoms with Crippen LogP contribution in [0, 0.1) is 0 Å². The molecule has 0 radical (unpaired) electrons. The van der Waals surface area contributed by atoms with E-state index in [4.69, 9.17) is 16.4 Å². The first-order valence-electron chi connectivity index (χ1n) is 6.26. The van der Waals surface area contributed by atoms with Gasteiger partial charge in [0, 0.05) is 5.02 Å². The Labute approximate surface area is 118 Å². The van der Waals surface area contributed by atoms with Crippen LogP contribution in [0.3, 0.4) is 0 Å². The fraction of sp³-hybridized carbons (Fsp3) is 0.188. The Morgan fingerprint density at radius 1 is 1.11 bits per heavy atom. The quantitative estimate of drug-likeness (QED) is 0.582. The maximum atomic E-state index is 5.88. The molecule has 0 N–H and O–H groups in total. The molecule has 2 nitrogen and oxygen atoms in total. The van der Waals surface area contributed by atoms with E-state index in [0.717, 1.165) is 17.5 Å². The van der Waals surface area contributed by atoms with E-state index in [9.17, 15) is 0 Å². The lowest BCUT2D eigenvalue weighted by Gasteiger charge is -2.01. The first-order valence-corrected chi connectivity index (χ1v) is 6.64. The predicted octanol–water partition coefficient (Wildman–Crippen LogP) is 4.45. The highest BCUT2D eigenvalue weighted by Gasteiger charge is 1.94. The van der Waals surface area contributed by atoms with E-state index in [1.165, 1.54) is 5.56 Å². The molecular formula is C16H16ClNO. The summed E-state index contributed by atoms with van der Waals surface area (Å²) in [4.78, 5) is 5.26. The van der Waals surface area contributed by atoms with E-state index < -0.39 is 0 Å². The van der Waals surface area contributed by atoms with Crippen molar-refractivity contribution in [3.05, 3.63) is 70.2 Å². The molecule has 0 saturated carbocycles. The Balaban J connectivity index is 1.85. The normalized spacial score (nSPS) is 10.8. The lowest BCUT2D eigenvalue weighted by Crippen LogP contribution is -1.89. The van der Waals surface area contributed by atoms with Crippen LogP contribution >= 0.6 is 11.6 Å². The minimum atomic E-state index is 0.473. The molecule has 0 spiro atoms. The lowest BCUT2D eigenvalue weighted by atomic mass is 10.1. The van der Waals surface area contributed by atoms with Gasteiger partial charge >= 0.3 is 0 Å². The number of benzene rings is 2. The molecule has 19 heavy (non-hydrogen) atoms. The average molecular weight is 274 g/mol. The smallest absolute Gasteiger partial charge is 0.142 e. The van der Waals surface area contributed by atoms with Crippen LogP contribution in [-0.2, 0) is 17.9 Å². The zero-order valence-corrected chi connectivity index (χ0v) is 11.6. The van der Waals surface area contributed by atoms with Crippen molar-refractivity contribution >= 4 is 17.8 Å². The van der Waals surface area contributed by atoms with Crippen molar-refractivity contribution in [2.75, 3.05) is 0 Å². The topological polar surface area (TPSA) is 21.6 Å². The summed E-state index contributed by atoms with van der Waals surface area (Å²) in [5, 5.41) is 4.63. The third kappa shape index (κ3) is 4.42. The molecule has 0 atom stereocenters. The summed E-state index contributed by atoms with van der Waals surface area (Å²) in [5.41, 5.74) is 3.36. The number of rotatable bonds is 5. The molecule has 0 aromatic heterocycles. The van der Waals surface area contributed by atoms with E-state index in [0.29, 0.717) is 11.6 Å². The van der Waals surface area contributed by atoms with Gasteiger partial charge in [0.25, 0.3) is 0 Å². The van der Waals surface area contributed by atoms with Gasteiger partial charge in [-0.1, -0.05) is 60.1 Å². The summed E-state index contributed by atoms with van der Waals surface area (Å²) in [6.07, 6.45) is 2.71. The van der Waals surface area contributed by atoms with Crippen LogP contribution in [0.15, 0.2) is 53.7 Å². The first kappa shape index (κ1) is 13.6. The molecule has 0 amide bonds. The highest BCUT2D eigenvalue weighted by molar-refractivity contribution is 6.30. The Morgan fingerprint density at radius 3 is 2.53 bits per heavy atom. The minimum Gasteiger partial charge on any atom is -0.391 e. The van der Waals surface area contributed by atoms with Crippen molar-refractivity contribution in [2.45, 2.75) is 20.0 Å². The summed E-state index contributed by atoms with van der Waals surface area (Å²) in [7, 11) is 0. The van der Waals surface area contributed by atoms with Crippen molar-refractivity contribution in [3.8, 4) is 0 Å². The fourth-order valence-electron chi connectivity index (χ4n) is 1.67. The van der Waals surface area contributed by atoms with Crippen LogP contribution in [0.2, 0.25) is 5.02 Å². The first-order chi connectivity index (χ1) is 9.28. The number of halogens is 1. The van der Waals surface area contributed by atoms with E-state index in [1.54, 1.807) is 6.21 Å². The molecule has 0 fully saturated rings. The predicted molar refractivity (Wildman–Crippen MR) is 79.7 cm³/mol. The van der Waals surface area contributed by atoms with Gasteiger partial charge in [-0.3, -0.25) is 0 Å². The molecule has 0 aliphatic rings. The monoisotopic (exact) mass is 273 g/mol. The molecule has 2 aromatic rings. The van der Waals surface area contributed by atoms with E-state index in [-0.39, 0.29) is 0 Å². The largest absolute Gasteiger partial charge is 0.391 e. The van der Waals surface area contributed by atoms with Crippen molar-refractivity contribution in [2.24, 2.45) is 5.16 Å². The lowest BCUT2D eigenvalue weighted by molar-refractivity contribution is 0.132. The van der Waals surface area contributed by atoms with Crippen molar-refractivity contribution < 1.29 is 4.84 Å². The molecule has 0 aliphatic carbocycles. The molecule has 0 heterocycles.